The molecule has 5 heteroatoms. The summed E-state index contributed by atoms with van der Waals surface area (Å²) >= 11 is 0. The monoisotopic (exact) mass is 490 g/mol. The number of hydrogen-bond acceptors (Lipinski definition) is 3. The van der Waals surface area contributed by atoms with E-state index in [1.165, 1.54) is 35.6 Å². The molecule has 1 N–H and O–H groups in total. The molecule has 1 aliphatic rings. The number of imidazole rings is 1. The van der Waals surface area contributed by atoms with Gasteiger partial charge in [-0.15, -0.1) is 0 Å². The van der Waals surface area contributed by atoms with E-state index in [0.29, 0.717) is 12.6 Å². The van der Waals surface area contributed by atoms with Gasteiger partial charge < -0.3 is 14.4 Å². The van der Waals surface area contributed by atoms with Crippen LogP contribution in [0.3, 0.4) is 0 Å². The summed E-state index contributed by atoms with van der Waals surface area (Å²) < 4.78 is 8.40. The maximum atomic E-state index is 11.5. The van der Waals surface area contributed by atoms with Crippen LogP contribution >= 0.6 is 0 Å². The van der Waals surface area contributed by atoms with E-state index >= 15 is 0 Å². The highest BCUT2D eigenvalue weighted by Gasteiger charge is 2.23. The normalized spacial score (nSPS) is 14.3. The first-order valence-corrected chi connectivity index (χ1v) is 13.1. The highest BCUT2D eigenvalue weighted by atomic mass is 16.5. The molecule has 1 heterocycles. The van der Waals surface area contributed by atoms with Crippen LogP contribution in [0.4, 0.5) is 0 Å². The number of fused-ring (bicyclic) bond motifs is 2. The van der Waals surface area contributed by atoms with Crippen molar-refractivity contribution < 1.29 is 14.6 Å². The highest BCUT2D eigenvalue weighted by molar-refractivity contribution is 5.93. The second kappa shape index (κ2) is 10.1. The lowest BCUT2D eigenvalue weighted by molar-refractivity contribution is 0.0697. The summed E-state index contributed by atoms with van der Waals surface area (Å²) in [6, 6.07) is 28.7. The molecule has 1 aliphatic carbocycles. The second-order valence-corrected chi connectivity index (χ2v) is 9.91. The molecule has 0 aliphatic heterocycles. The van der Waals surface area contributed by atoms with Gasteiger partial charge in [-0.2, -0.15) is 0 Å². The van der Waals surface area contributed by atoms with Gasteiger partial charge in [0.1, 0.15) is 11.6 Å². The maximum Gasteiger partial charge on any atom is 0.335 e. The van der Waals surface area contributed by atoms with Crippen LogP contribution in [-0.4, -0.2) is 27.2 Å². The lowest BCUT2D eigenvalue weighted by Gasteiger charge is -2.25. The van der Waals surface area contributed by atoms with E-state index in [2.05, 4.69) is 59.2 Å². The summed E-state index contributed by atoms with van der Waals surface area (Å²) in [6.45, 7) is 0.607. The molecule has 0 bridgehead atoms. The number of carboxylic acid groups (broad SMARTS) is 1. The first kappa shape index (κ1) is 23.3. The number of ether oxygens (including phenoxy) is 1. The highest BCUT2D eigenvalue weighted by Crippen LogP contribution is 2.36. The molecule has 1 aromatic heterocycles. The molecule has 0 saturated heterocycles. The average Bonchev–Trinajstić information content (AvgIpc) is 3.33. The third-order valence-corrected chi connectivity index (χ3v) is 7.46. The fourth-order valence-electron chi connectivity index (χ4n) is 5.53. The molecule has 0 amide bonds. The molecule has 4 aromatic carbocycles. The van der Waals surface area contributed by atoms with Gasteiger partial charge in [0.2, 0.25) is 0 Å². The van der Waals surface area contributed by atoms with Gasteiger partial charge in [0, 0.05) is 18.0 Å². The van der Waals surface area contributed by atoms with E-state index in [4.69, 9.17) is 9.72 Å². The standard InChI is InChI=1S/C32H30N2O3/c35-32(36)26-14-17-30-29(21-26)33-31(34(30)27-8-2-1-3-9-27)24-12-15-28(16-13-24)37-19-18-22-10-11-23-6-4-5-7-25(23)20-22/h4-7,10-17,20-21,27H,1-3,8-9,18-19H2,(H,35,36). The van der Waals surface area contributed by atoms with E-state index in [1.807, 2.05) is 18.2 Å². The summed E-state index contributed by atoms with van der Waals surface area (Å²) in [6.07, 6.45) is 6.77. The molecule has 0 radical (unpaired) electrons. The van der Waals surface area contributed by atoms with Gasteiger partial charge in [-0.3, -0.25) is 0 Å². The van der Waals surface area contributed by atoms with Gasteiger partial charge >= 0.3 is 5.97 Å². The van der Waals surface area contributed by atoms with Crippen LogP contribution in [0.5, 0.6) is 5.75 Å². The zero-order chi connectivity index (χ0) is 25.2. The van der Waals surface area contributed by atoms with Crippen LogP contribution in [0, 0.1) is 0 Å². The van der Waals surface area contributed by atoms with Gasteiger partial charge in [-0.25, -0.2) is 9.78 Å². The average molecular weight is 491 g/mol. The summed E-state index contributed by atoms with van der Waals surface area (Å²) in [7, 11) is 0. The molecule has 0 spiro atoms. The molecule has 186 valence electrons. The zero-order valence-corrected chi connectivity index (χ0v) is 20.8. The van der Waals surface area contributed by atoms with Gasteiger partial charge in [-0.1, -0.05) is 61.7 Å². The SMILES string of the molecule is O=C(O)c1ccc2c(c1)nc(-c1ccc(OCCc3ccc4ccccc4c3)cc1)n2C1CCCCC1. The molecule has 6 rings (SSSR count). The van der Waals surface area contributed by atoms with E-state index in [0.717, 1.165) is 47.4 Å². The Morgan fingerprint density at radius 1 is 0.892 bits per heavy atom. The Morgan fingerprint density at radius 3 is 2.46 bits per heavy atom. The quantitative estimate of drug-likeness (QED) is 0.254. The lowest BCUT2D eigenvalue weighted by Crippen LogP contribution is -2.14. The van der Waals surface area contributed by atoms with E-state index < -0.39 is 5.97 Å². The van der Waals surface area contributed by atoms with Crippen LogP contribution in [0.15, 0.2) is 84.9 Å². The van der Waals surface area contributed by atoms with Crippen molar-refractivity contribution in [1.29, 1.82) is 0 Å². The van der Waals surface area contributed by atoms with Crippen molar-refractivity contribution >= 4 is 27.8 Å². The van der Waals surface area contributed by atoms with Crippen molar-refractivity contribution in [3.8, 4) is 17.1 Å². The van der Waals surface area contributed by atoms with Crippen molar-refractivity contribution in [2.75, 3.05) is 6.61 Å². The number of hydrogen-bond donors (Lipinski definition) is 1. The number of rotatable bonds is 7. The fraction of sp³-hybridized carbons (Fsp3) is 0.250. The zero-order valence-electron chi connectivity index (χ0n) is 20.8. The minimum absolute atomic E-state index is 0.266. The van der Waals surface area contributed by atoms with Gasteiger partial charge in [0.25, 0.3) is 0 Å². The molecule has 0 atom stereocenters. The van der Waals surface area contributed by atoms with Crippen LogP contribution < -0.4 is 4.74 Å². The molecule has 5 aromatic rings. The van der Waals surface area contributed by atoms with E-state index in [1.54, 1.807) is 12.1 Å². The second-order valence-electron chi connectivity index (χ2n) is 9.91. The molecular formula is C32H30N2O3. The molecule has 0 unspecified atom stereocenters. The number of carbonyl (C=O) groups is 1. The third kappa shape index (κ3) is 4.82. The molecule has 1 fully saturated rings. The Balaban J connectivity index is 1.22. The predicted octanol–water partition coefficient (Wildman–Crippen LogP) is 7.68. The summed E-state index contributed by atoms with van der Waals surface area (Å²) in [5.74, 6) is 0.797. The number of nitrogens with zero attached hydrogens (tertiary/aromatic N) is 2. The Morgan fingerprint density at radius 2 is 1.68 bits per heavy atom. The van der Waals surface area contributed by atoms with Gasteiger partial charge in [0.05, 0.1) is 23.2 Å². The Kier molecular flexibility index (Phi) is 6.35. The topological polar surface area (TPSA) is 64.3 Å². The first-order valence-electron chi connectivity index (χ1n) is 13.1. The molecule has 5 nitrogen and oxygen atoms in total. The van der Waals surface area contributed by atoms with Crippen LogP contribution in [0.25, 0.3) is 33.2 Å². The first-order chi connectivity index (χ1) is 18.2. The number of aromatic nitrogens is 2. The minimum atomic E-state index is -0.930. The van der Waals surface area contributed by atoms with E-state index in [9.17, 15) is 9.90 Å². The van der Waals surface area contributed by atoms with Crippen LogP contribution in [0.2, 0.25) is 0 Å². The summed E-state index contributed by atoms with van der Waals surface area (Å²) in [4.78, 5) is 16.4. The Labute approximate surface area is 216 Å². The van der Waals surface area contributed by atoms with E-state index in [-0.39, 0.29) is 5.56 Å². The Bertz CT molecular complexity index is 1560. The van der Waals surface area contributed by atoms with Crippen molar-refractivity contribution in [3.63, 3.8) is 0 Å². The summed E-state index contributed by atoms with van der Waals surface area (Å²) in [5, 5.41) is 12.0. The minimum Gasteiger partial charge on any atom is -0.493 e. The molecular weight excluding hydrogens is 460 g/mol. The van der Waals surface area contributed by atoms with Gasteiger partial charge in [0.15, 0.2) is 0 Å². The van der Waals surface area contributed by atoms with Gasteiger partial charge in [-0.05, 0) is 71.6 Å². The number of carboxylic acids is 1. The largest absolute Gasteiger partial charge is 0.493 e. The van der Waals surface area contributed by atoms with Crippen molar-refractivity contribution in [2.45, 2.75) is 44.6 Å². The third-order valence-electron chi connectivity index (χ3n) is 7.46. The predicted molar refractivity (Wildman–Crippen MR) is 147 cm³/mol. The maximum absolute atomic E-state index is 11.5. The number of aromatic carboxylic acids is 1. The lowest BCUT2D eigenvalue weighted by atomic mass is 9.95. The molecule has 1 saturated carbocycles. The van der Waals surface area contributed by atoms with Crippen LogP contribution in [0.1, 0.15) is 54.1 Å². The van der Waals surface area contributed by atoms with Crippen molar-refractivity contribution in [2.24, 2.45) is 0 Å². The fourth-order valence-corrected chi connectivity index (χ4v) is 5.53. The Hall–Kier alpha value is -4.12. The molecule has 37 heavy (non-hydrogen) atoms. The van der Waals surface area contributed by atoms with Crippen molar-refractivity contribution in [1.82, 2.24) is 9.55 Å². The van der Waals surface area contributed by atoms with Crippen LogP contribution in [-0.2, 0) is 6.42 Å². The smallest absolute Gasteiger partial charge is 0.335 e. The van der Waals surface area contributed by atoms with Crippen molar-refractivity contribution in [3.05, 3.63) is 96.1 Å². The number of benzene rings is 4. The summed E-state index contributed by atoms with van der Waals surface area (Å²) in [5.41, 5.74) is 4.28.